The average molecular weight is 496 g/mol. The van der Waals surface area contributed by atoms with E-state index in [1.807, 2.05) is 36.4 Å². The average Bonchev–Trinajstić information content (AvgIpc) is 3.08. The number of esters is 1. The van der Waals surface area contributed by atoms with Gasteiger partial charge in [0.05, 0.1) is 4.88 Å². The number of rotatable bonds is 6. The van der Waals surface area contributed by atoms with Gasteiger partial charge in [0.2, 0.25) is 0 Å². The zero-order valence-electron chi connectivity index (χ0n) is 20.9. The lowest BCUT2D eigenvalue weighted by molar-refractivity contribution is -0.131. The molecule has 0 bridgehead atoms. The maximum absolute atomic E-state index is 11.6. The van der Waals surface area contributed by atoms with Gasteiger partial charge in [0.1, 0.15) is 35.3 Å². The van der Waals surface area contributed by atoms with E-state index < -0.39 is 5.60 Å². The van der Waals surface area contributed by atoms with Gasteiger partial charge in [0.15, 0.2) is 5.13 Å². The van der Waals surface area contributed by atoms with Crippen LogP contribution in [0.25, 0.3) is 0 Å². The number of fused-ring (bicyclic) bond motifs is 1. The maximum Gasteiger partial charge on any atom is 0.308 e. The number of nitrogen functional groups attached to an aromatic ring is 2. The third-order valence-corrected chi connectivity index (χ3v) is 6.98. The van der Waals surface area contributed by atoms with Gasteiger partial charge < -0.3 is 25.7 Å². The van der Waals surface area contributed by atoms with E-state index in [4.69, 9.17) is 25.7 Å². The van der Waals surface area contributed by atoms with E-state index in [1.54, 1.807) is 0 Å². The van der Waals surface area contributed by atoms with E-state index in [1.165, 1.54) is 18.3 Å². The van der Waals surface area contributed by atoms with Crippen molar-refractivity contribution in [3.63, 3.8) is 0 Å². The minimum atomic E-state index is -0.474. The second-order valence-electron chi connectivity index (χ2n) is 10.3. The Morgan fingerprint density at radius 2 is 1.91 bits per heavy atom. The molecule has 7 nitrogen and oxygen atoms in total. The van der Waals surface area contributed by atoms with Crippen LogP contribution in [-0.4, -0.2) is 23.2 Å². The Kier molecular flexibility index (Phi) is 6.68. The molecule has 1 aromatic heterocycles. The van der Waals surface area contributed by atoms with Crippen molar-refractivity contribution in [2.45, 2.75) is 64.9 Å². The molecule has 1 atom stereocenters. The normalized spacial score (nSPS) is 17.4. The van der Waals surface area contributed by atoms with Crippen LogP contribution in [0.4, 0.5) is 10.9 Å². The molecule has 1 aliphatic rings. The number of anilines is 2. The monoisotopic (exact) mass is 495 g/mol. The molecule has 186 valence electrons. The van der Waals surface area contributed by atoms with Gasteiger partial charge in [0.25, 0.3) is 0 Å². The van der Waals surface area contributed by atoms with E-state index in [0.717, 1.165) is 45.9 Å². The molecule has 1 unspecified atom stereocenters. The van der Waals surface area contributed by atoms with E-state index in [-0.39, 0.29) is 11.4 Å². The number of nitrogens with zero attached hydrogens (tertiary/aromatic N) is 1. The first-order valence-electron chi connectivity index (χ1n) is 11.7. The molecule has 3 aromatic rings. The van der Waals surface area contributed by atoms with Crippen molar-refractivity contribution in [2.75, 3.05) is 18.1 Å². The van der Waals surface area contributed by atoms with Crippen LogP contribution in [0.2, 0.25) is 0 Å². The fraction of sp³-hybridized carbons (Fsp3) is 0.407. The number of hydrogen-bond donors (Lipinski definition) is 2. The van der Waals surface area contributed by atoms with Gasteiger partial charge in [-0.15, -0.1) is 0 Å². The van der Waals surface area contributed by atoms with Gasteiger partial charge in [-0.05, 0) is 60.6 Å². The number of aromatic nitrogens is 1. The van der Waals surface area contributed by atoms with Crippen LogP contribution in [0, 0.1) is 0 Å². The number of carbonyl (C=O) groups excluding carboxylic acids is 1. The van der Waals surface area contributed by atoms with Crippen molar-refractivity contribution < 1.29 is 19.0 Å². The molecular weight excluding hydrogens is 462 g/mol. The summed E-state index contributed by atoms with van der Waals surface area (Å²) in [4.78, 5) is 16.7. The minimum Gasteiger partial charge on any atom is -0.489 e. The van der Waals surface area contributed by atoms with E-state index >= 15 is 0 Å². The summed E-state index contributed by atoms with van der Waals surface area (Å²) in [5, 5.41) is 0.483. The lowest BCUT2D eigenvalue weighted by Crippen LogP contribution is -2.42. The van der Waals surface area contributed by atoms with Crippen molar-refractivity contribution in [2.24, 2.45) is 0 Å². The standard InChI is InChI=1S/C27H33N3O4S/c1-16(31)33-22-13-18-10-11-27(5,34-21(18)14-20(22)26(2,3)4)15-32-19-8-6-17(7-9-19)12-23-24(28)30-25(29)35-23/h6-9,13-14H,10-12,15,28H2,1-5H3,(H2,29,30). The summed E-state index contributed by atoms with van der Waals surface area (Å²) in [6, 6.07) is 11.9. The molecule has 35 heavy (non-hydrogen) atoms. The quantitative estimate of drug-likeness (QED) is 0.353. The first-order valence-corrected chi connectivity index (χ1v) is 12.5. The highest BCUT2D eigenvalue weighted by Gasteiger charge is 2.34. The van der Waals surface area contributed by atoms with Crippen LogP contribution >= 0.6 is 11.3 Å². The van der Waals surface area contributed by atoms with E-state index in [0.29, 0.717) is 29.7 Å². The molecule has 4 N–H and O–H groups in total. The summed E-state index contributed by atoms with van der Waals surface area (Å²) in [6.45, 7) is 10.2. The van der Waals surface area contributed by atoms with Crippen molar-refractivity contribution >= 4 is 28.3 Å². The first-order chi connectivity index (χ1) is 16.4. The molecule has 0 amide bonds. The summed E-state index contributed by atoms with van der Waals surface area (Å²) < 4.78 is 18.1. The molecule has 8 heteroatoms. The Bertz CT molecular complexity index is 1230. The Labute approximate surface area is 210 Å². The molecule has 0 spiro atoms. The Balaban J connectivity index is 1.44. The Hall–Kier alpha value is -3.26. The number of benzene rings is 2. The maximum atomic E-state index is 11.6. The third kappa shape index (κ3) is 5.88. The van der Waals surface area contributed by atoms with Gasteiger partial charge in [0, 0.05) is 18.9 Å². The molecule has 0 saturated heterocycles. The number of ether oxygens (including phenoxy) is 3. The highest BCUT2D eigenvalue weighted by Crippen LogP contribution is 2.42. The highest BCUT2D eigenvalue weighted by molar-refractivity contribution is 7.15. The van der Waals surface area contributed by atoms with Crippen LogP contribution < -0.4 is 25.7 Å². The topological polar surface area (TPSA) is 110 Å². The Morgan fingerprint density at radius 1 is 1.20 bits per heavy atom. The largest absolute Gasteiger partial charge is 0.489 e. The molecule has 4 rings (SSSR count). The van der Waals surface area contributed by atoms with Crippen LogP contribution in [0.15, 0.2) is 36.4 Å². The van der Waals surface area contributed by atoms with Gasteiger partial charge in [-0.1, -0.05) is 44.2 Å². The van der Waals surface area contributed by atoms with Crippen molar-refractivity contribution in [1.29, 1.82) is 0 Å². The second kappa shape index (κ2) is 9.41. The number of aryl methyl sites for hydroxylation is 1. The number of hydrogen-bond acceptors (Lipinski definition) is 8. The summed E-state index contributed by atoms with van der Waals surface area (Å²) in [6.07, 6.45) is 2.29. The summed E-state index contributed by atoms with van der Waals surface area (Å²) in [5.41, 5.74) is 14.1. The molecule has 0 radical (unpaired) electrons. The van der Waals surface area contributed by atoms with Crippen molar-refractivity contribution in [3.05, 3.63) is 58.0 Å². The molecule has 0 fully saturated rings. The van der Waals surface area contributed by atoms with Gasteiger partial charge in [-0.3, -0.25) is 4.79 Å². The summed E-state index contributed by atoms with van der Waals surface area (Å²) in [5.74, 6) is 2.37. The fourth-order valence-corrected chi connectivity index (χ4v) is 4.95. The molecular formula is C27H33N3O4S. The first kappa shape index (κ1) is 24.9. The summed E-state index contributed by atoms with van der Waals surface area (Å²) in [7, 11) is 0. The van der Waals surface area contributed by atoms with Crippen LogP contribution in [0.3, 0.4) is 0 Å². The zero-order chi connectivity index (χ0) is 25.4. The van der Waals surface area contributed by atoms with Gasteiger partial charge in [-0.2, -0.15) is 0 Å². The van der Waals surface area contributed by atoms with Gasteiger partial charge in [-0.25, -0.2) is 4.98 Å². The van der Waals surface area contributed by atoms with E-state index in [9.17, 15) is 4.79 Å². The predicted octanol–water partition coefficient (Wildman–Crippen LogP) is 5.28. The minimum absolute atomic E-state index is 0.204. The third-order valence-electron chi connectivity index (χ3n) is 6.08. The summed E-state index contributed by atoms with van der Waals surface area (Å²) >= 11 is 1.41. The van der Waals surface area contributed by atoms with Crippen LogP contribution in [-0.2, 0) is 23.1 Å². The lowest BCUT2D eigenvalue weighted by Gasteiger charge is -2.36. The molecule has 0 saturated carbocycles. The predicted molar refractivity (Wildman–Crippen MR) is 139 cm³/mol. The molecule has 0 aliphatic carbocycles. The van der Waals surface area contributed by atoms with Crippen LogP contribution in [0.5, 0.6) is 17.2 Å². The lowest BCUT2D eigenvalue weighted by atomic mass is 9.83. The number of nitrogens with two attached hydrogens (primary N) is 2. The SMILES string of the molecule is CC(=O)Oc1cc2c(cc1C(C)(C)C)OC(C)(COc1ccc(Cc3sc(N)nc3N)cc1)CC2. The zero-order valence-corrected chi connectivity index (χ0v) is 21.8. The highest BCUT2D eigenvalue weighted by atomic mass is 32.1. The van der Waals surface area contributed by atoms with E-state index in [2.05, 4.69) is 32.7 Å². The van der Waals surface area contributed by atoms with Crippen molar-refractivity contribution in [1.82, 2.24) is 4.98 Å². The molecule has 1 aliphatic heterocycles. The van der Waals surface area contributed by atoms with Gasteiger partial charge >= 0.3 is 5.97 Å². The number of thiazole rings is 1. The fourth-order valence-electron chi connectivity index (χ4n) is 4.17. The van der Waals surface area contributed by atoms with Crippen molar-refractivity contribution in [3.8, 4) is 17.2 Å². The molecule has 2 heterocycles. The smallest absolute Gasteiger partial charge is 0.308 e. The second-order valence-corrected chi connectivity index (χ2v) is 11.4. The van der Waals surface area contributed by atoms with Crippen LogP contribution in [0.1, 0.15) is 62.6 Å². The Morgan fingerprint density at radius 3 is 2.51 bits per heavy atom. The molecule has 2 aromatic carbocycles. The number of carbonyl (C=O) groups is 1.